The first kappa shape index (κ1) is 28.8. The number of quaternary nitrogens is 2. The zero-order chi connectivity index (χ0) is 22.4. The Morgan fingerprint density at radius 1 is 0.750 bits per heavy atom. The maximum atomic E-state index is 10.7. The molecule has 0 amide bonds. The van der Waals surface area contributed by atoms with E-state index in [4.69, 9.17) is 11.5 Å². The molecule has 0 aliphatic heterocycles. The molecule has 1 rings (SSSR count). The molecule has 0 fully saturated rings. The normalized spacial score (nSPS) is 11.1. The summed E-state index contributed by atoms with van der Waals surface area (Å²) in [7, 11) is -9.93. The topological polar surface area (TPSA) is 222 Å². The molecule has 0 saturated carbocycles. The van der Waals surface area contributed by atoms with E-state index in [0.29, 0.717) is 6.07 Å². The molecule has 1 aromatic carbocycles. The summed E-state index contributed by atoms with van der Waals surface area (Å²) in [6.07, 6.45) is 7.94. The standard InChI is InChI=1S/C6H8N2O6S2.2C5H13N/c7-3-1-4(8)6(16(12,13)14)2-5(3)15(9,10)11;2*1-2-3-4-5-6/h1-2H,7-8H2,(H,9,10,11)(H,12,13,14);2*2-6H2,1H3. The first-order valence-corrected chi connectivity index (χ1v) is 11.9. The molecule has 0 unspecified atom stereocenters. The van der Waals surface area contributed by atoms with E-state index in [1.54, 1.807) is 0 Å². The zero-order valence-electron chi connectivity index (χ0n) is 16.6. The van der Waals surface area contributed by atoms with Crippen LogP contribution in [0.4, 0.5) is 11.4 Å². The largest absolute Gasteiger partial charge is 0.744 e. The van der Waals surface area contributed by atoms with Crippen LogP contribution in [0.15, 0.2) is 21.9 Å². The van der Waals surface area contributed by atoms with E-state index in [9.17, 15) is 25.9 Å². The number of nitrogens with two attached hydrogens (primary N) is 2. The van der Waals surface area contributed by atoms with Gasteiger partial charge in [-0.15, -0.1) is 0 Å². The number of anilines is 2. The van der Waals surface area contributed by atoms with Crippen LogP contribution in [0.3, 0.4) is 0 Å². The van der Waals surface area contributed by atoms with Crippen LogP contribution < -0.4 is 22.9 Å². The van der Waals surface area contributed by atoms with Gasteiger partial charge in [-0.2, -0.15) is 0 Å². The highest BCUT2D eigenvalue weighted by Crippen LogP contribution is 2.27. The molecule has 0 bridgehead atoms. The Hall–Kier alpha value is -1.44. The first-order valence-electron chi connectivity index (χ1n) is 9.05. The lowest BCUT2D eigenvalue weighted by molar-refractivity contribution is -0.368. The van der Waals surface area contributed by atoms with Crippen molar-refractivity contribution in [3.8, 4) is 0 Å². The third-order valence-corrected chi connectivity index (χ3v) is 5.17. The van der Waals surface area contributed by atoms with Gasteiger partial charge < -0.3 is 32.0 Å². The van der Waals surface area contributed by atoms with Gasteiger partial charge in [0, 0.05) is 0 Å². The van der Waals surface area contributed by atoms with Gasteiger partial charge in [0.05, 0.1) is 34.3 Å². The fourth-order valence-electron chi connectivity index (χ4n) is 1.88. The number of nitrogen functional groups attached to an aromatic ring is 2. The molecule has 10 N–H and O–H groups in total. The van der Waals surface area contributed by atoms with Crippen LogP contribution in [-0.2, 0) is 20.2 Å². The molecule has 0 spiro atoms. The molecular weight excluding hydrogens is 408 g/mol. The van der Waals surface area contributed by atoms with Gasteiger partial charge >= 0.3 is 0 Å². The molecule has 28 heavy (non-hydrogen) atoms. The van der Waals surface area contributed by atoms with Gasteiger partial charge in [0.2, 0.25) is 0 Å². The van der Waals surface area contributed by atoms with Gasteiger partial charge in [-0.05, 0) is 37.8 Å². The lowest BCUT2D eigenvalue weighted by atomic mass is 10.3. The molecular formula is C16H34N4O6S2. The second-order valence-corrected chi connectivity index (χ2v) is 8.65. The molecule has 0 radical (unpaired) electrons. The maximum absolute atomic E-state index is 10.7. The van der Waals surface area contributed by atoms with E-state index >= 15 is 0 Å². The minimum atomic E-state index is -4.97. The monoisotopic (exact) mass is 442 g/mol. The molecule has 166 valence electrons. The van der Waals surface area contributed by atoms with Gasteiger partial charge in [0.1, 0.15) is 20.2 Å². The van der Waals surface area contributed by atoms with Crippen molar-refractivity contribution in [2.75, 3.05) is 24.6 Å². The quantitative estimate of drug-likeness (QED) is 0.232. The molecule has 10 nitrogen and oxygen atoms in total. The minimum absolute atomic E-state index is 0.356. The van der Waals surface area contributed by atoms with Crippen molar-refractivity contribution in [1.82, 2.24) is 0 Å². The Bertz CT molecular complexity index is 698. The third-order valence-electron chi connectivity index (χ3n) is 3.39. The van der Waals surface area contributed by atoms with Crippen LogP contribution in [0.25, 0.3) is 0 Å². The molecule has 0 heterocycles. The number of hydrogen-bond acceptors (Lipinski definition) is 8. The average molecular weight is 443 g/mol. The highest BCUT2D eigenvalue weighted by molar-refractivity contribution is 7.86. The van der Waals surface area contributed by atoms with Crippen molar-refractivity contribution in [3.63, 3.8) is 0 Å². The Balaban J connectivity index is 0. The fraction of sp³-hybridized carbons (Fsp3) is 0.625. The maximum Gasteiger partial charge on any atom is 0.126 e. The van der Waals surface area contributed by atoms with E-state index in [-0.39, 0.29) is 0 Å². The predicted molar refractivity (Wildman–Crippen MR) is 106 cm³/mol. The number of hydrogen-bond donors (Lipinski definition) is 4. The first-order chi connectivity index (χ1) is 12.9. The Labute approximate surface area is 168 Å². The summed E-state index contributed by atoms with van der Waals surface area (Å²) >= 11 is 0. The van der Waals surface area contributed by atoms with E-state index in [1.807, 2.05) is 0 Å². The smallest absolute Gasteiger partial charge is 0.126 e. The summed E-state index contributed by atoms with van der Waals surface area (Å²) < 4.78 is 64.0. The number of rotatable bonds is 8. The summed E-state index contributed by atoms with van der Waals surface area (Å²) in [6, 6.07) is 1.09. The second kappa shape index (κ2) is 14.5. The van der Waals surface area contributed by atoms with E-state index in [2.05, 4.69) is 25.3 Å². The molecule has 0 aromatic heterocycles. The zero-order valence-corrected chi connectivity index (χ0v) is 18.3. The van der Waals surface area contributed by atoms with Crippen molar-refractivity contribution in [2.45, 2.75) is 62.2 Å². The highest BCUT2D eigenvalue weighted by atomic mass is 32.2. The fourth-order valence-corrected chi connectivity index (χ4v) is 3.18. The lowest BCUT2D eigenvalue weighted by Gasteiger charge is -2.15. The predicted octanol–water partition coefficient (Wildman–Crippen LogP) is -0.504. The van der Waals surface area contributed by atoms with Crippen molar-refractivity contribution in [2.24, 2.45) is 0 Å². The van der Waals surface area contributed by atoms with E-state index in [1.165, 1.54) is 38.5 Å². The van der Waals surface area contributed by atoms with Gasteiger partial charge in [0.15, 0.2) is 0 Å². The molecule has 0 atom stereocenters. The molecule has 0 aliphatic rings. The molecule has 1 aromatic rings. The van der Waals surface area contributed by atoms with Crippen LogP contribution in [0, 0.1) is 0 Å². The summed E-state index contributed by atoms with van der Waals surface area (Å²) in [5, 5.41) is 0. The van der Waals surface area contributed by atoms with Crippen LogP contribution in [0.1, 0.15) is 52.4 Å². The molecule has 0 aliphatic carbocycles. The summed E-state index contributed by atoms with van der Waals surface area (Å²) in [5.74, 6) is 0. The van der Waals surface area contributed by atoms with Gasteiger partial charge in [-0.25, -0.2) is 16.8 Å². The third kappa shape index (κ3) is 12.9. The van der Waals surface area contributed by atoms with Crippen LogP contribution in [-0.4, -0.2) is 39.0 Å². The van der Waals surface area contributed by atoms with E-state index in [0.717, 1.165) is 19.2 Å². The summed E-state index contributed by atoms with van der Waals surface area (Å²) in [6.45, 7) is 6.62. The van der Waals surface area contributed by atoms with Crippen molar-refractivity contribution >= 4 is 31.6 Å². The molecule has 0 saturated heterocycles. The van der Waals surface area contributed by atoms with Gasteiger partial charge in [0.25, 0.3) is 0 Å². The lowest BCUT2D eigenvalue weighted by Crippen LogP contribution is -2.50. The van der Waals surface area contributed by atoms with Gasteiger partial charge in [-0.1, -0.05) is 26.7 Å². The number of benzene rings is 1. The second-order valence-electron chi connectivity index (χ2n) is 5.96. The van der Waals surface area contributed by atoms with Gasteiger partial charge in [-0.3, -0.25) is 0 Å². The highest BCUT2D eigenvalue weighted by Gasteiger charge is 2.14. The van der Waals surface area contributed by atoms with Crippen LogP contribution in [0.5, 0.6) is 0 Å². The van der Waals surface area contributed by atoms with Crippen molar-refractivity contribution < 1.29 is 37.4 Å². The summed E-state index contributed by atoms with van der Waals surface area (Å²) in [5.41, 5.74) is 16.7. The van der Waals surface area contributed by atoms with Crippen LogP contribution in [0.2, 0.25) is 0 Å². The SMILES string of the molecule is CCCCC[NH3+].CCCCC[NH3+].Nc1cc(N)c(S(=O)(=O)[O-])cc1S(=O)(=O)[O-]. The minimum Gasteiger partial charge on any atom is -0.744 e. The molecule has 12 heteroatoms. The van der Waals surface area contributed by atoms with E-state index < -0.39 is 41.4 Å². The number of unbranched alkanes of at least 4 members (excludes halogenated alkanes) is 4. The van der Waals surface area contributed by atoms with Crippen molar-refractivity contribution in [1.29, 1.82) is 0 Å². The Morgan fingerprint density at radius 2 is 1.07 bits per heavy atom. The van der Waals surface area contributed by atoms with Crippen LogP contribution >= 0.6 is 0 Å². The average Bonchev–Trinajstić information content (AvgIpc) is 2.56. The Kier molecular flexibility index (Phi) is 14.9. The van der Waals surface area contributed by atoms with Crippen molar-refractivity contribution in [3.05, 3.63) is 12.1 Å². The Morgan fingerprint density at radius 3 is 1.25 bits per heavy atom. The summed E-state index contributed by atoms with van der Waals surface area (Å²) in [4.78, 5) is -1.98.